The van der Waals surface area contributed by atoms with E-state index in [1.807, 2.05) is 44.4 Å². The van der Waals surface area contributed by atoms with Gasteiger partial charge in [-0.3, -0.25) is 10.1 Å². The van der Waals surface area contributed by atoms with Crippen molar-refractivity contribution in [1.29, 1.82) is 0 Å². The van der Waals surface area contributed by atoms with Crippen molar-refractivity contribution in [3.63, 3.8) is 0 Å². The number of nitrogens with zero attached hydrogens (tertiary/aromatic N) is 4. The Hall–Kier alpha value is -4.08. The fourth-order valence-corrected chi connectivity index (χ4v) is 5.00. The molecule has 0 fully saturated rings. The van der Waals surface area contributed by atoms with E-state index in [1.165, 1.54) is 6.07 Å². The number of H-pyrrole nitrogens is 2. The third kappa shape index (κ3) is 4.23. The van der Waals surface area contributed by atoms with E-state index in [0.717, 1.165) is 72.9 Å². The standard InChI is InChI=1S/C27H23FN6OS/c1-34(2)8-9-35-18-10-16(13-29-15-18)17-11-21-26(32-33-27(21)30-14-17)23-12-20-19(4-3-5-22(20)31-23)24-6-7-25(28)36-24/h3-7,10-15,31H,8-9H2,1-2H3,(H,30,32,33). The number of halogens is 1. The third-order valence-corrected chi connectivity index (χ3v) is 6.94. The summed E-state index contributed by atoms with van der Waals surface area (Å²) in [6.07, 6.45) is 5.33. The fourth-order valence-electron chi connectivity index (χ4n) is 4.23. The second kappa shape index (κ2) is 9.18. The molecule has 0 amide bonds. The Kier molecular flexibility index (Phi) is 5.71. The van der Waals surface area contributed by atoms with E-state index < -0.39 is 0 Å². The van der Waals surface area contributed by atoms with Gasteiger partial charge >= 0.3 is 0 Å². The maximum atomic E-state index is 13.7. The van der Waals surface area contributed by atoms with Crippen molar-refractivity contribution in [2.75, 3.05) is 27.2 Å². The van der Waals surface area contributed by atoms with Gasteiger partial charge in [0.25, 0.3) is 0 Å². The smallest absolute Gasteiger partial charge is 0.176 e. The van der Waals surface area contributed by atoms with Crippen molar-refractivity contribution < 1.29 is 9.13 Å². The molecule has 6 aromatic rings. The molecule has 180 valence electrons. The lowest BCUT2D eigenvalue weighted by atomic mass is 10.1. The Morgan fingerprint density at radius 1 is 1.00 bits per heavy atom. The van der Waals surface area contributed by atoms with E-state index in [1.54, 1.807) is 18.6 Å². The van der Waals surface area contributed by atoms with Crippen molar-refractivity contribution in [3.8, 4) is 38.7 Å². The van der Waals surface area contributed by atoms with Gasteiger partial charge in [0.15, 0.2) is 10.8 Å². The number of benzene rings is 1. The van der Waals surface area contributed by atoms with E-state index in [0.29, 0.717) is 12.3 Å². The molecule has 0 aliphatic carbocycles. The number of pyridine rings is 2. The van der Waals surface area contributed by atoms with Crippen molar-refractivity contribution in [2.45, 2.75) is 0 Å². The number of nitrogens with one attached hydrogen (secondary N) is 2. The van der Waals surface area contributed by atoms with E-state index >= 15 is 0 Å². The SMILES string of the molecule is CN(C)CCOc1cncc(-c2cnc3[nH]nc(-c4cc5c(-c6ccc(F)s6)cccc5[nH]4)c3c2)c1. The Bertz CT molecular complexity index is 1680. The molecular weight excluding hydrogens is 475 g/mol. The van der Waals surface area contributed by atoms with E-state index in [4.69, 9.17) is 4.74 Å². The lowest BCUT2D eigenvalue weighted by molar-refractivity contribution is 0.261. The predicted octanol–water partition coefficient (Wildman–Crippen LogP) is 5.98. The van der Waals surface area contributed by atoms with Crippen LogP contribution in [0.2, 0.25) is 0 Å². The Morgan fingerprint density at radius 2 is 1.89 bits per heavy atom. The number of likely N-dealkylation sites (N-methyl/N-ethyl adjacent to an activating group) is 1. The van der Waals surface area contributed by atoms with Crippen molar-refractivity contribution in [2.24, 2.45) is 0 Å². The number of aromatic nitrogens is 5. The van der Waals surface area contributed by atoms with Crippen LogP contribution in [0.25, 0.3) is 54.9 Å². The fraction of sp³-hybridized carbons (Fsp3) is 0.148. The number of hydrogen-bond acceptors (Lipinski definition) is 6. The molecule has 0 atom stereocenters. The first-order chi connectivity index (χ1) is 17.5. The van der Waals surface area contributed by atoms with Crippen LogP contribution in [0.3, 0.4) is 0 Å². The number of thiophene rings is 1. The van der Waals surface area contributed by atoms with Gasteiger partial charge in [-0.2, -0.15) is 9.49 Å². The largest absolute Gasteiger partial charge is 0.491 e. The molecule has 0 saturated carbocycles. The first kappa shape index (κ1) is 22.4. The molecular formula is C27H23FN6OS. The highest BCUT2D eigenvalue weighted by Gasteiger charge is 2.16. The number of aromatic amines is 2. The van der Waals surface area contributed by atoms with Gasteiger partial charge in [-0.1, -0.05) is 12.1 Å². The molecule has 2 N–H and O–H groups in total. The highest BCUT2D eigenvalue weighted by Crippen LogP contribution is 2.37. The number of rotatable bonds is 7. The van der Waals surface area contributed by atoms with Gasteiger partial charge in [0.2, 0.25) is 0 Å². The van der Waals surface area contributed by atoms with Crippen LogP contribution in [-0.2, 0) is 0 Å². The molecule has 0 aliphatic heterocycles. The van der Waals surface area contributed by atoms with E-state index in [9.17, 15) is 4.39 Å². The minimum absolute atomic E-state index is 0.198. The third-order valence-electron chi connectivity index (χ3n) is 6.03. The van der Waals surface area contributed by atoms with Gasteiger partial charge in [0.1, 0.15) is 18.1 Å². The number of fused-ring (bicyclic) bond motifs is 2. The molecule has 9 heteroatoms. The lowest BCUT2D eigenvalue weighted by Gasteiger charge is -2.11. The topological polar surface area (TPSA) is 82.7 Å². The molecule has 1 aromatic carbocycles. The summed E-state index contributed by atoms with van der Waals surface area (Å²) in [6.45, 7) is 1.41. The first-order valence-electron chi connectivity index (χ1n) is 11.5. The zero-order chi connectivity index (χ0) is 24.6. The van der Waals surface area contributed by atoms with Crippen LogP contribution in [0.1, 0.15) is 0 Å². The second-order valence-corrected chi connectivity index (χ2v) is 9.84. The summed E-state index contributed by atoms with van der Waals surface area (Å²) >= 11 is 1.14. The minimum Gasteiger partial charge on any atom is -0.491 e. The molecule has 0 radical (unpaired) electrons. The molecule has 0 unspecified atom stereocenters. The lowest BCUT2D eigenvalue weighted by Crippen LogP contribution is -2.19. The predicted molar refractivity (Wildman–Crippen MR) is 142 cm³/mol. The Balaban J connectivity index is 1.37. The zero-order valence-corrected chi connectivity index (χ0v) is 20.6. The van der Waals surface area contributed by atoms with Gasteiger partial charge in [0.05, 0.1) is 11.9 Å². The molecule has 7 nitrogen and oxygen atoms in total. The van der Waals surface area contributed by atoms with Crippen molar-refractivity contribution in [3.05, 3.63) is 72.3 Å². The number of hydrogen-bond donors (Lipinski definition) is 2. The highest BCUT2D eigenvalue weighted by molar-refractivity contribution is 7.14. The quantitative estimate of drug-likeness (QED) is 0.283. The summed E-state index contributed by atoms with van der Waals surface area (Å²) in [6, 6.07) is 15.4. The van der Waals surface area contributed by atoms with Gasteiger partial charge in [-0.25, -0.2) is 4.98 Å². The van der Waals surface area contributed by atoms with Crippen molar-refractivity contribution >= 4 is 33.3 Å². The first-order valence-corrected chi connectivity index (χ1v) is 12.3. The van der Waals surface area contributed by atoms with E-state index in [-0.39, 0.29) is 5.13 Å². The summed E-state index contributed by atoms with van der Waals surface area (Å²) in [5.74, 6) is 0.718. The molecule has 5 heterocycles. The summed E-state index contributed by atoms with van der Waals surface area (Å²) in [5.41, 5.74) is 6.10. The summed E-state index contributed by atoms with van der Waals surface area (Å²) in [5, 5.41) is 9.30. The highest BCUT2D eigenvalue weighted by atomic mass is 32.1. The maximum absolute atomic E-state index is 13.7. The molecule has 6 rings (SSSR count). The molecule has 0 aliphatic rings. The van der Waals surface area contributed by atoms with Crippen LogP contribution in [0.15, 0.2) is 67.1 Å². The van der Waals surface area contributed by atoms with Gasteiger partial charge < -0.3 is 14.6 Å². The van der Waals surface area contributed by atoms with E-state index in [2.05, 4.69) is 42.2 Å². The van der Waals surface area contributed by atoms with Crippen LogP contribution in [-0.4, -0.2) is 57.3 Å². The van der Waals surface area contributed by atoms with Gasteiger partial charge in [0, 0.05) is 56.8 Å². The van der Waals surface area contributed by atoms with Gasteiger partial charge in [-0.15, -0.1) is 11.3 Å². The average Bonchev–Trinajstić information content (AvgIpc) is 3.61. The van der Waals surface area contributed by atoms with Crippen LogP contribution in [0.4, 0.5) is 4.39 Å². The summed E-state index contributed by atoms with van der Waals surface area (Å²) in [7, 11) is 4.02. The van der Waals surface area contributed by atoms with Crippen LogP contribution in [0.5, 0.6) is 5.75 Å². The van der Waals surface area contributed by atoms with Crippen LogP contribution < -0.4 is 4.74 Å². The summed E-state index contributed by atoms with van der Waals surface area (Å²) < 4.78 is 19.5. The zero-order valence-electron chi connectivity index (χ0n) is 19.7. The van der Waals surface area contributed by atoms with Crippen LogP contribution in [0, 0.1) is 5.13 Å². The normalized spacial score (nSPS) is 11.7. The summed E-state index contributed by atoms with van der Waals surface area (Å²) in [4.78, 5) is 15.4. The average molecular weight is 499 g/mol. The maximum Gasteiger partial charge on any atom is 0.176 e. The molecule has 0 bridgehead atoms. The molecule has 5 aromatic heterocycles. The molecule has 36 heavy (non-hydrogen) atoms. The minimum atomic E-state index is -0.198. The number of ether oxygens (including phenoxy) is 1. The Labute approximate surface area is 210 Å². The molecule has 0 saturated heterocycles. The van der Waals surface area contributed by atoms with Crippen LogP contribution >= 0.6 is 11.3 Å². The van der Waals surface area contributed by atoms with Crippen molar-refractivity contribution in [1.82, 2.24) is 30.0 Å². The second-order valence-electron chi connectivity index (χ2n) is 8.81. The Morgan fingerprint density at radius 3 is 2.72 bits per heavy atom. The molecule has 0 spiro atoms. The van der Waals surface area contributed by atoms with Gasteiger partial charge in [-0.05, 0) is 50.5 Å². The monoisotopic (exact) mass is 498 g/mol.